The van der Waals surface area contributed by atoms with Gasteiger partial charge < -0.3 is 15.0 Å². The van der Waals surface area contributed by atoms with Crippen molar-refractivity contribution in [3.05, 3.63) is 77.9 Å². The number of anilines is 3. The van der Waals surface area contributed by atoms with Gasteiger partial charge in [-0.2, -0.15) is 0 Å². The standard InChI is InChI=1S/C26H28N6OS/c1-33-23-10-9-22(26-27-12-17-34-26)29-25(23)30-24-11-8-21(18-28-24)32-14-5-13-31(15-16-32)19-20-6-3-2-4-7-20/h2-4,6-12,17-18H,5,13-16,19H2,1H3,(H,28,29,30). The Morgan fingerprint density at radius 3 is 2.65 bits per heavy atom. The maximum atomic E-state index is 5.49. The molecule has 4 heterocycles. The summed E-state index contributed by atoms with van der Waals surface area (Å²) in [6, 6.07) is 18.6. The molecule has 0 radical (unpaired) electrons. The maximum absolute atomic E-state index is 5.49. The Hall–Kier alpha value is -3.49. The zero-order chi connectivity index (χ0) is 23.2. The summed E-state index contributed by atoms with van der Waals surface area (Å²) in [6.07, 6.45) is 4.85. The van der Waals surface area contributed by atoms with Gasteiger partial charge in [0.25, 0.3) is 0 Å². The minimum absolute atomic E-state index is 0.627. The molecule has 1 aromatic carbocycles. The number of aromatic nitrogens is 3. The van der Waals surface area contributed by atoms with Crippen LogP contribution >= 0.6 is 11.3 Å². The van der Waals surface area contributed by atoms with Crippen LogP contribution in [0.2, 0.25) is 0 Å². The van der Waals surface area contributed by atoms with E-state index in [9.17, 15) is 0 Å². The zero-order valence-corrected chi connectivity index (χ0v) is 20.0. The van der Waals surface area contributed by atoms with Gasteiger partial charge in [-0.1, -0.05) is 30.3 Å². The highest BCUT2D eigenvalue weighted by molar-refractivity contribution is 7.13. The molecule has 4 aromatic rings. The Labute approximate surface area is 204 Å². The van der Waals surface area contributed by atoms with Crippen LogP contribution in [-0.2, 0) is 6.54 Å². The number of nitrogens with one attached hydrogen (secondary N) is 1. The van der Waals surface area contributed by atoms with E-state index in [4.69, 9.17) is 9.72 Å². The quantitative estimate of drug-likeness (QED) is 0.403. The third kappa shape index (κ3) is 5.35. The van der Waals surface area contributed by atoms with Gasteiger partial charge in [0, 0.05) is 44.3 Å². The lowest BCUT2D eigenvalue weighted by Gasteiger charge is -2.23. The molecule has 1 aliphatic rings. The van der Waals surface area contributed by atoms with E-state index < -0.39 is 0 Å². The number of hydrogen-bond donors (Lipinski definition) is 1. The van der Waals surface area contributed by atoms with Crippen LogP contribution in [0.15, 0.2) is 72.4 Å². The van der Waals surface area contributed by atoms with Gasteiger partial charge in [0.2, 0.25) is 0 Å². The molecule has 174 valence electrons. The molecule has 0 aliphatic carbocycles. The molecule has 0 saturated carbocycles. The lowest BCUT2D eigenvalue weighted by Crippen LogP contribution is -2.30. The number of thiazole rings is 1. The largest absolute Gasteiger partial charge is 0.493 e. The van der Waals surface area contributed by atoms with Crippen LogP contribution < -0.4 is 15.0 Å². The molecular weight excluding hydrogens is 444 g/mol. The Morgan fingerprint density at radius 1 is 0.971 bits per heavy atom. The average molecular weight is 473 g/mol. The van der Waals surface area contributed by atoms with Crippen LogP contribution in [0, 0.1) is 0 Å². The molecule has 7 nitrogen and oxygen atoms in total. The first-order valence-corrected chi connectivity index (χ1v) is 12.4. The smallest absolute Gasteiger partial charge is 0.175 e. The van der Waals surface area contributed by atoms with Crippen molar-refractivity contribution >= 4 is 28.7 Å². The van der Waals surface area contributed by atoms with Crippen molar-refractivity contribution in [2.75, 3.05) is 43.5 Å². The van der Waals surface area contributed by atoms with Crippen molar-refractivity contribution in [1.82, 2.24) is 19.9 Å². The fraction of sp³-hybridized carbons (Fsp3) is 0.269. The van der Waals surface area contributed by atoms with Crippen LogP contribution in [0.1, 0.15) is 12.0 Å². The molecule has 0 spiro atoms. The van der Waals surface area contributed by atoms with Gasteiger partial charge in [-0.05, 0) is 36.2 Å². The number of pyridine rings is 2. The summed E-state index contributed by atoms with van der Waals surface area (Å²) >= 11 is 1.56. The molecule has 0 amide bonds. The summed E-state index contributed by atoms with van der Waals surface area (Å²) in [7, 11) is 1.64. The number of rotatable bonds is 7. The van der Waals surface area contributed by atoms with Crippen molar-refractivity contribution in [1.29, 1.82) is 0 Å². The van der Waals surface area contributed by atoms with E-state index in [2.05, 4.69) is 61.5 Å². The number of hydrogen-bond acceptors (Lipinski definition) is 8. The summed E-state index contributed by atoms with van der Waals surface area (Å²) in [5.41, 5.74) is 3.32. The molecular formula is C26H28N6OS. The Bertz CT molecular complexity index is 1180. The SMILES string of the molecule is COc1ccc(-c2nccs2)nc1Nc1ccc(N2CCCN(Cc3ccccc3)CC2)cn1. The van der Waals surface area contributed by atoms with E-state index in [1.165, 1.54) is 5.56 Å². The Morgan fingerprint density at radius 2 is 1.88 bits per heavy atom. The number of benzene rings is 1. The van der Waals surface area contributed by atoms with Gasteiger partial charge >= 0.3 is 0 Å². The van der Waals surface area contributed by atoms with Crippen molar-refractivity contribution in [2.24, 2.45) is 0 Å². The summed E-state index contributed by atoms with van der Waals surface area (Å²) in [5.74, 6) is 2.02. The molecule has 0 bridgehead atoms. The van der Waals surface area contributed by atoms with E-state index in [0.717, 1.165) is 61.4 Å². The summed E-state index contributed by atoms with van der Waals surface area (Å²) in [4.78, 5) is 18.7. The first-order chi connectivity index (χ1) is 16.8. The van der Waals surface area contributed by atoms with Crippen LogP contribution in [0.4, 0.5) is 17.3 Å². The fourth-order valence-corrected chi connectivity index (χ4v) is 4.77. The highest BCUT2D eigenvalue weighted by atomic mass is 32.1. The number of nitrogens with zero attached hydrogens (tertiary/aromatic N) is 5. The van der Waals surface area contributed by atoms with Gasteiger partial charge in [-0.25, -0.2) is 15.0 Å². The molecule has 1 saturated heterocycles. The van der Waals surface area contributed by atoms with E-state index in [1.54, 1.807) is 24.6 Å². The second-order valence-electron chi connectivity index (χ2n) is 8.21. The molecule has 34 heavy (non-hydrogen) atoms. The molecule has 5 rings (SSSR count). The molecule has 1 aliphatic heterocycles. The topological polar surface area (TPSA) is 66.4 Å². The Balaban J connectivity index is 1.24. The fourth-order valence-electron chi connectivity index (χ4n) is 4.17. The zero-order valence-electron chi connectivity index (χ0n) is 19.2. The van der Waals surface area contributed by atoms with Crippen LogP contribution in [0.5, 0.6) is 5.75 Å². The molecule has 1 fully saturated rings. The predicted molar refractivity (Wildman–Crippen MR) is 138 cm³/mol. The average Bonchev–Trinajstić information content (AvgIpc) is 3.32. The number of ether oxygens (including phenoxy) is 1. The van der Waals surface area contributed by atoms with Crippen molar-refractivity contribution < 1.29 is 4.74 Å². The first-order valence-electron chi connectivity index (χ1n) is 11.5. The second-order valence-corrected chi connectivity index (χ2v) is 9.11. The van der Waals surface area contributed by atoms with E-state index in [1.807, 2.05) is 29.8 Å². The third-order valence-electron chi connectivity index (χ3n) is 5.93. The van der Waals surface area contributed by atoms with Gasteiger partial charge in [-0.15, -0.1) is 11.3 Å². The van der Waals surface area contributed by atoms with Crippen molar-refractivity contribution in [2.45, 2.75) is 13.0 Å². The van der Waals surface area contributed by atoms with Crippen molar-refractivity contribution in [3.8, 4) is 16.5 Å². The summed E-state index contributed by atoms with van der Waals surface area (Å²) in [6.45, 7) is 5.18. The summed E-state index contributed by atoms with van der Waals surface area (Å²) < 4.78 is 5.49. The minimum Gasteiger partial charge on any atom is -0.493 e. The monoisotopic (exact) mass is 472 g/mol. The predicted octanol–water partition coefficient (Wildman–Crippen LogP) is 5.06. The molecule has 3 aromatic heterocycles. The van der Waals surface area contributed by atoms with E-state index >= 15 is 0 Å². The van der Waals surface area contributed by atoms with Gasteiger partial charge in [0.1, 0.15) is 16.5 Å². The molecule has 0 atom stereocenters. The highest BCUT2D eigenvalue weighted by Crippen LogP contribution is 2.30. The highest BCUT2D eigenvalue weighted by Gasteiger charge is 2.16. The van der Waals surface area contributed by atoms with Crippen LogP contribution in [0.25, 0.3) is 10.7 Å². The van der Waals surface area contributed by atoms with Gasteiger partial charge in [0.05, 0.1) is 19.0 Å². The summed E-state index contributed by atoms with van der Waals surface area (Å²) in [5, 5.41) is 6.12. The lowest BCUT2D eigenvalue weighted by atomic mass is 10.2. The lowest BCUT2D eigenvalue weighted by molar-refractivity contribution is 0.285. The molecule has 0 unspecified atom stereocenters. The minimum atomic E-state index is 0.627. The second kappa shape index (κ2) is 10.6. The van der Waals surface area contributed by atoms with Gasteiger partial charge in [0.15, 0.2) is 11.6 Å². The third-order valence-corrected chi connectivity index (χ3v) is 6.72. The Kier molecular flexibility index (Phi) is 6.97. The van der Waals surface area contributed by atoms with E-state index in [0.29, 0.717) is 11.6 Å². The first kappa shape index (κ1) is 22.3. The maximum Gasteiger partial charge on any atom is 0.175 e. The normalized spacial score (nSPS) is 14.6. The van der Waals surface area contributed by atoms with E-state index in [-0.39, 0.29) is 0 Å². The molecule has 1 N–H and O–H groups in total. The molecule has 8 heteroatoms. The number of methoxy groups -OCH3 is 1. The van der Waals surface area contributed by atoms with Crippen LogP contribution in [0.3, 0.4) is 0 Å². The van der Waals surface area contributed by atoms with Gasteiger partial charge in [-0.3, -0.25) is 4.90 Å². The van der Waals surface area contributed by atoms with Crippen LogP contribution in [-0.4, -0.2) is 53.1 Å². The van der Waals surface area contributed by atoms with Crippen molar-refractivity contribution in [3.63, 3.8) is 0 Å².